The summed E-state index contributed by atoms with van der Waals surface area (Å²) in [5.41, 5.74) is 3.46. The van der Waals surface area contributed by atoms with Crippen LogP contribution in [0.1, 0.15) is 21.6 Å². The third-order valence-corrected chi connectivity index (χ3v) is 6.77. The lowest BCUT2D eigenvalue weighted by molar-refractivity contribution is 0.0600. The van der Waals surface area contributed by atoms with E-state index in [2.05, 4.69) is 42.8 Å². The molecule has 3 aromatic rings. The molecule has 1 aromatic carbocycles. The zero-order valence-electron chi connectivity index (χ0n) is 17.4. The number of pyridine rings is 1. The molecular formula is C22H27ClN2O3Si. The lowest BCUT2D eigenvalue weighted by Crippen LogP contribution is -2.22. The van der Waals surface area contributed by atoms with Gasteiger partial charge in [0.1, 0.15) is 11.9 Å². The van der Waals surface area contributed by atoms with Crippen molar-refractivity contribution in [3.05, 3.63) is 64.6 Å². The number of nitrogens with zero attached hydrogens (tertiary/aromatic N) is 2. The number of benzene rings is 1. The van der Waals surface area contributed by atoms with E-state index in [-0.39, 0.29) is 5.97 Å². The predicted octanol–water partition coefficient (Wildman–Crippen LogP) is 5.38. The van der Waals surface area contributed by atoms with Gasteiger partial charge in [-0.1, -0.05) is 37.3 Å². The van der Waals surface area contributed by atoms with E-state index in [9.17, 15) is 4.79 Å². The second kappa shape index (κ2) is 9.11. The Labute approximate surface area is 177 Å². The van der Waals surface area contributed by atoms with Crippen LogP contribution in [0.5, 0.6) is 0 Å². The molecule has 5 nitrogen and oxygen atoms in total. The van der Waals surface area contributed by atoms with Gasteiger partial charge in [0, 0.05) is 38.4 Å². The number of halogens is 1. The minimum absolute atomic E-state index is 0.359. The van der Waals surface area contributed by atoms with Crippen LogP contribution in [0.3, 0.4) is 0 Å². The van der Waals surface area contributed by atoms with Gasteiger partial charge in [-0.3, -0.25) is 4.98 Å². The van der Waals surface area contributed by atoms with Crippen molar-refractivity contribution in [2.45, 2.75) is 38.8 Å². The number of hydrogen-bond acceptors (Lipinski definition) is 4. The third kappa shape index (κ3) is 5.69. The van der Waals surface area contributed by atoms with E-state index in [1.807, 2.05) is 10.6 Å². The lowest BCUT2D eigenvalue weighted by Gasteiger charge is -2.16. The van der Waals surface area contributed by atoms with Crippen LogP contribution >= 0.6 is 11.6 Å². The Balaban J connectivity index is 1.73. The molecule has 0 saturated heterocycles. The van der Waals surface area contributed by atoms with Crippen molar-refractivity contribution in [2.75, 3.05) is 13.7 Å². The van der Waals surface area contributed by atoms with E-state index in [0.717, 1.165) is 34.8 Å². The van der Waals surface area contributed by atoms with E-state index >= 15 is 0 Å². The molecule has 0 unspecified atom stereocenters. The molecule has 0 bridgehead atoms. The molecule has 2 aromatic heterocycles. The van der Waals surface area contributed by atoms with Crippen molar-refractivity contribution in [2.24, 2.45) is 0 Å². The number of carbonyl (C=O) groups excluding carboxylic acids is 1. The summed E-state index contributed by atoms with van der Waals surface area (Å²) in [5.74, 6) is -0.359. The molecule has 0 atom stereocenters. The maximum Gasteiger partial charge on any atom is 0.337 e. The van der Waals surface area contributed by atoms with Crippen LogP contribution < -0.4 is 0 Å². The first-order chi connectivity index (χ1) is 13.8. The van der Waals surface area contributed by atoms with Gasteiger partial charge in [0.05, 0.1) is 18.2 Å². The van der Waals surface area contributed by atoms with Gasteiger partial charge in [0.15, 0.2) is 0 Å². The summed E-state index contributed by atoms with van der Waals surface area (Å²) >= 11 is 6.45. The number of carbonyl (C=O) groups is 1. The average Bonchev–Trinajstić information content (AvgIpc) is 2.98. The number of aromatic nitrogens is 2. The number of fused-ring (bicyclic) bond motifs is 1. The van der Waals surface area contributed by atoms with Crippen LogP contribution in [0.2, 0.25) is 30.8 Å². The number of esters is 1. The summed E-state index contributed by atoms with van der Waals surface area (Å²) in [6.45, 7) is 8.23. The van der Waals surface area contributed by atoms with Gasteiger partial charge < -0.3 is 14.0 Å². The molecule has 0 amide bonds. The standard InChI is InChI=1S/C22H27ClN2O3Si/c1-27-22(26)17-7-8-24-19(13-17)12-16-5-6-20-18(11-16)14-21(23)25(20)15-28-9-10-29(2,3)4/h5-8,11,13-14H,9-10,12,15H2,1-4H3. The van der Waals surface area contributed by atoms with Crippen molar-refractivity contribution in [3.63, 3.8) is 0 Å². The van der Waals surface area contributed by atoms with E-state index < -0.39 is 8.07 Å². The Morgan fingerprint density at radius 3 is 2.69 bits per heavy atom. The van der Waals surface area contributed by atoms with Crippen LogP contribution in [-0.4, -0.2) is 37.3 Å². The van der Waals surface area contributed by atoms with Crippen molar-refractivity contribution >= 4 is 36.5 Å². The number of rotatable bonds is 8. The van der Waals surface area contributed by atoms with E-state index in [1.165, 1.54) is 7.11 Å². The highest BCUT2D eigenvalue weighted by atomic mass is 35.5. The minimum Gasteiger partial charge on any atom is -0.465 e. The Hall–Kier alpha value is -2.15. The number of ether oxygens (including phenoxy) is 2. The van der Waals surface area contributed by atoms with Crippen LogP contribution in [-0.2, 0) is 22.6 Å². The quantitative estimate of drug-likeness (QED) is 0.273. The smallest absolute Gasteiger partial charge is 0.337 e. The zero-order valence-corrected chi connectivity index (χ0v) is 19.1. The molecule has 0 aliphatic rings. The third-order valence-electron chi connectivity index (χ3n) is 4.75. The van der Waals surface area contributed by atoms with E-state index in [4.69, 9.17) is 21.1 Å². The molecule has 154 valence electrons. The molecule has 29 heavy (non-hydrogen) atoms. The summed E-state index contributed by atoms with van der Waals surface area (Å²) in [5, 5.41) is 1.72. The number of hydrogen-bond donors (Lipinski definition) is 0. The summed E-state index contributed by atoms with van der Waals surface area (Å²) < 4.78 is 12.6. The highest BCUT2D eigenvalue weighted by molar-refractivity contribution is 6.76. The van der Waals surface area contributed by atoms with Crippen LogP contribution in [0.4, 0.5) is 0 Å². The van der Waals surface area contributed by atoms with Gasteiger partial charge >= 0.3 is 5.97 Å². The second-order valence-electron chi connectivity index (χ2n) is 8.34. The second-order valence-corrected chi connectivity index (χ2v) is 14.3. The highest BCUT2D eigenvalue weighted by Crippen LogP contribution is 2.26. The fourth-order valence-corrected chi connectivity index (χ4v) is 4.10. The highest BCUT2D eigenvalue weighted by Gasteiger charge is 2.13. The Kier molecular flexibility index (Phi) is 6.77. The van der Waals surface area contributed by atoms with Gasteiger partial charge in [-0.15, -0.1) is 0 Å². The summed E-state index contributed by atoms with van der Waals surface area (Å²) in [6, 6.07) is 12.7. The molecule has 0 fully saturated rings. The van der Waals surface area contributed by atoms with Crippen molar-refractivity contribution in [3.8, 4) is 0 Å². The monoisotopic (exact) mass is 430 g/mol. The summed E-state index contributed by atoms with van der Waals surface area (Å²) in [4.78, 5) is 16.1. The van der Waals surface area contributed by atoms with E-state index in [1.54, 1.807) is 18.3 Å². The minimum atomic E-state index is -1.11. The fraction of sp³-hybridized carbons (Fsp3) is 0.364. The normalized spacial score (nSPS) is 11.8. The lowest BCUT2D eigenvalue weighted by atomic mass is 10.1. The number of methoxy groups -OCH3 is 1. The van der Waals surface area contributed by atoms with Gasteiger partial charge in [0.2, 0.25) is 0 Å². The van der Waals surface area contributed by atoms with Gasteiger partial charge in [-0.25, -0.2) is 4.79 Å². The predicted molar refractivity (Wildman–Crippen MR) is 119 cm³/mol. The molecule has 0 radical (unpaired) electrons. The topological polar surface area (TPSA) is 53.3 Å². The maximum absolute atomic E-state index is 11.7. The molecular weight excluding hydrogens is 404 g/mol. The summed E-state index contributed by atoms with van der Waals surface area (Å²) in [7, 11) is 0.267. The molecule has 3 rings (SSSR count). The van der Waals surface area contributed by atoms with Gasteiger partial charge in [0.25, 0.3) is 0 Å². The van der Waals surface area contributed by atoms with Gasteiger partial charge in [-0.2, -0.15) is 0 Å². The maximum atomic E-state index is 11.7. The van der Waals surface area contributed by atoms with Crippen molar-refractivity contribution < 1.29 is 14.3 Å². The fourth-order valence-electron chi connectivity index (χ4n) is 3.09. The van der Waals surface area contributed by atoms with Gasteiger partial charge in [-0.05, 0) is 41.9 Å². The molecule has 2 heterocycles. The first kappa shape index (κ1) is 21.6. The Morgan fingerprint density at radius 1 is 1.17 bits per heavy atom. The molecule has 0 spiro atoms. The Morgan fingerprint density at radius 2 is 1.97 bits per heavy atom. The Bertz CT molecular complexity index is 1010. The molecule has 0 aliphatic heterocycles. The zero-order chi connectivity index (χ0) is 21.0. The van der Waals surface area contributed by atoms with Crippen LogP contribution in [0.15, 0.2) is 42.6 Å². The molecule has 0 saturated carbocycles. The van der Waals surface area contributed by atoms with Crippen molar-refractivity contribution in [1.82, 2.24) is 9.55 Å². The van der Waals surface area contributed by atoms with Crippen LogP contribution in [0, 0.1) is 0 Å². The molecule has 0 N–H and O–H groups in total. The average molecular weight is 431 g/mol. The SMILES string of the molecule is COC(=O)c1ccnc(Cc2ccc3c(c2)cc(Cl)n3COCC[Si](C)(C)C)c1. The van der Waals surface area contributed by atoms with Crippen LogP contribution in [0.25, 0.3) is 10.9 Å². The van der Waals surface area contributed by atoms with Crippen molar-refractivity contribution in [1.29, 1.82) is 0 Å². The first-order valence-corrected chi connectivity index (χ1v) is 13.7. The largest absolute Gasteiger partial charge is 0.465 e. The molecule has 0 aliphatic carbocycles. The summed E-state index contributed by atoms with van der Waals surface area (Å²) in [6.07, 6.45) is 2.25. The first-order valence-electron chi connectivity index (χ1n) is 9.65. The molecule has 7 heteroatoms. The van der Waals surface area contributed by atoms with E-state index in [0.29, 0.717) is 23.9 Å².